The van der Waals surface area contributed by atoms with Crippen LogP contribution in [0.5, 0.6) is 0 Å². The summed E-state index contributed by atoms with van der Waals surface area (Å²) in [4.78, 5) is 54.1. The number of amides is 3. The highest BCUT2D eigenvalue weighted by atomic mass is 32.2. The average Bonchev–Trinajstić information content (AvgIpc) is 3.30. The van der Waals surface area contributed by atoms with Gasteiger partial charge in [0.1, 0.15) is 18.1 Å². The molecule has 34 heavy (non-hydrogen) atoms. The Morgan fingerprint density at radius 3 is 2.65 bits per heavy atom. The maximum Gasteiger partial charge on any atom is 0.407 e. The van der Waals surface area contributed by atoms with Crippen molar-refractivity contribution < 1.29 is 24.3 Å². The van der Waals surface area contributed by atoms with Gasteiger partial charge in [-0.2, -0.15) is 0 Å². The van der Waals surface area contributed by atoms with Crippen molar-refractivity contribution in [2.24, 2.45) is 5.41 Å². The molecule has 4 rings (SSSR count). The zero-order valence-electron chi connectivity index (χ0n) is 19.7. The molecule has 1 unspecified atom stereocenters. The minimum absolute atomic E-state index is 0.167. The molecule has 2 aromatic rings. The minimum Gasteiger partial charge on any atom is -0.465 e. The van der Waals surface area contributed by atoms with Gasteiger partial charge in [-0.1, -0.05) is 32.0 Å². The summed E-state index contributed by atoms with van der Waals surface area (Å²) < 4.78 is 1.62. The number of likely N-dealkylation sites (N-methyl/N-ethyl adjacent to an activating group) is 1. The van der Waals surface area contributed by atoms with Crippen LogP contribution in [0.3, 0.4) is 0 Å². The first-order chi connectivity index (χ1) is 16.0. The first kappa shape index (κ1) is 24.1. The monoisotopic (exact) mass is 486 g/mol. The molecule has 9 nitrogen and oxygen atoms in total. The molecule has 1 aromatic carbocycles. The van der Waals surface area contributed by atoms with Crippen molar-refractivity contribution in [2.75, 3.05) is 12.8 Å². The molecule has 0 aliphatic carbocycles. The Bertz CT molecular complexity index is 1150. The molecule has 3 heterocycles. The number of aromatic nitrogens is 1. The summed E-state index contributed by atoms with van der Waals surface area (Å²) >= 11 is 1.62. The fourth-order valence-corrected chi connectivity index (χ4v) is 6.44. The number of fused-ring (bicyclic) bond motifs is 2. The van der Waals surface area contributed by atoms with Gasteiger partial charge in [-0.05, 0) is 43.1 Å². The van der Waals surface area contributed by atoms with E-state index >= 15 is 0 Å². The summed E-state index contributed by atoms with van der Waals surface area (Å²) in [5.74, 6) is -0.364. The molecule has 2 N–H and O–H groups in total. The molecule has 4 atom stereocenters. The number of thioether (sulfide) groups is 1. The average molecular weight is 487 g/mol. The van der Waals surface area contributed by atoms with Crippen molar-refractivity contribution in [1.82, 2.24) is 19.7 Å². The van der Waals surface area contributed by atoms with E-state index < -0.39 is 35.5 Å². The van der Waals surface area contributed by atoms with Gasteiger partial charge in [-0.15, -0.1) is 11.8 Å². The number of carbonyl (C=O) groups is 4. The van der Waals surface area contributed by atoms with E-state index in [2.05, 4.69) is 5.32 Å². The number of rotatable bonds is 4. The van der Waals surface area contributed by atoms with Crippen LogP contribution in [-0.4, -0.2) is 79.6 Å². The number of benzene rings is 1. The largest absolute Gasteiger partial charge is 0.465 e. The topological polar surface area (TPSA) is 112 Å². The number of hydrogen-bond acceptors (Lipinski definition) is 5. The Labute approximate surface area is 202 Å². The van der Waals surface area contributed by atoms with Gasteiger partial charge in [0.2, 0.25) is 11.8 Å². The maximum absolute atomic E-state index is 13.9. The molecule has 0 saturated carbocycles. The van der Waals surface area contributed by atoms with E-state index in [1.807, 2.05) is 44.2 Å². The van der Waals surface area contributed by atoms with Crippen LogP contribution in [0.2, 0.25) is 0 Å². The van der Waals surface area contributed by atoms with Gasteiger partial charge in [-0.25, -0.2) is 4.79 Å². The molecule has 2 saturated heterocycles. The van der Waals surface area contributed by atoms with E-state index in [9.17, 15) is 24.3 Å². The third kappa shape index (κ3) is 4.15. The Balaban J connectivity index is 1.63. The fraction of sp³-hybridized carbons (Fsp3) is 0.500. The lowest BCUT2D eigenvalue weighted by atomic mass is 9.84. The molecule has 0 spiro atoms. The summed E-state index contributed by atoms with van der Waals surface area (Å²) in [6, 6.07) is 7.04. The third-order valence-corrected chi connectivity index (χ3v) is 8.20. The SMILES string of the molecule is CC(C(=O)N[C@H]1CCS[C@H]2CC(C)(C)[C@H](C(=O)n3ccc4ccccc43)N2C1=O)N(C)C(=O)O. The molecule has 0 radical (unpaired) electrons. The van der Waals surface area contributed by atoms with Gasteiger partial charge in [-0.3, -0.25) is 23.9 Å². The highest BCUT2D eigenvalue weighted by Gasteiger charge is 2.54. The number of hydrogen-bond donors (Lipinski definition) is 2. The van der Waals surface area contributed by atoms with Gasteiger partial charge in [0, 0.05) is 18.6 Å². The van der Waals surface area contributed by atoms with Crippen molar-refractivity contribution in [3.05, 3.63) is 36.5 Å². The summed E-state index contributed by atoms with van der Waals surface area (Å²) in [6.07, 6.45) is 1.60. The molecular weight excluding hydrogens is 456 g/mol. The van der Waals surface area contributed by atoms with E-state index in [-0.39, 0.29) is 17.2 Å². The zero-order chi connectivity index (χ0) is 24.8. The van der Waals surface area contributed by atoms with Crippen molar-refractivity contribution in [1.29, 1.82) is 0 Å². The summed E-state index contributed by atoms with van der Waals surface area (Å²) in [5.41, 5.74) is 0.329. The normalized spacial score (nSPS) is 24.9. The Morgan fingerprint density at radius 1 is 1.24 bits per heavy atom. The molecule has 2 aliphatic heterocycles. The Morgan fingerprint density at radius 2 is 1.94 bits per heavy atom. The van der Waals surface area contributed by atoms with Crippen molar-refractivity contribution >= 4 is 46.5 Å². The zero-order valence-corrected chi connectivity index (χ0v) is 20.5. The summed E-state index contributed by atoms with van der Waals surface area (Å²) in [5, 5.41) is 12.7. The lowest BCUT2D eigenvalue weighted by Crippen LogP contribution is -2.57. The second-order valence-electron chi connectivity index (χ2n) is 9.67. The van der Waals surface area contributed by atoms with Crippen LogP contribution in [0.25, 0.3) is 10.9 Å². The highest BCUT2D eigenvalue weighted by Crippen LogP contribution is 2.47. The van der Waals surface area contributed by atoms with Crippen LogP contribution in [-0.2, 0) is 9.59 Å². The van der Waals surface area contributed by atoms with Gasteiger partial charge in [0.25, 0.3) is 5.91 Å². The smallest absolute Gasteiger partial charge is 0.407 e. The van der Waals surface area contributed by atoms with Gasteiger partial charge >= 0.3 is 6.09 Å². The number of nitrogens with zero attached hydrogens (tertiary/aromatic N) is 3. The second kappa shape index (κ2) is 8.98. The third-order valence-electron chi connectivity index (χ3n) is 6.95. The van der Waals surface area contributed by atoms with Crippen LogP contribution in [0.1, 0.15) is 38.4 Å². The number of carbonyl (C=O) groups excluding carboxylic acids is 3. The van der Waals surface area contributed by atoms with Gasteiger partial charge in [0.05, 0.1) is 10.9 Å². The van der Waals surface area contributed by atoms with Crippen LogP contribution < -0.4 is 5.32 Å². The number of nitrogens with one attached hydrogen (secondary N) is 1. The van der Waals surface area contributed by atoms with E-state index in [0.29, 0.717) is 18.6 Å². The lowest BCUT2D eigenvalue weighted by molar-refractivity contribution is -0.138. The number of para-hydroxylation sites is 1. The molecule has 3 amide bonds. The van der Waals surface area contributed by atoms with Crippen molar-refractivity contribution in [2.45, 2.75) is 57.1 Å². The van der Waals surface area contributed by atoms with Crippen molar-refractivity contribution in [3.8, 4) is 0 Å². The van der Waals surface area contributed by atoms with Crippen LogP contribution in [0.4, 0.5) is 4.79 Å². The Hall–Kier alpha value is -3.01. The van der Waals surface area contributed by atoms with Gasteiger partial charge < -0.3 is 15.3 Å². The van der Waals surface area contributed by atoms with E-state index in [1.54, 1.807) is 27.4 Å². The Kier molecular flexibility index (Phi) is 6.37. The van der Waals surface area contributed by atoms with Crippen LogP contribution in [0, 0.1) is 5.41 Å². The van der Waals surface area contributed by atoms with E-state index in [1.165, 1.54) is 14.0 Å². The summed E-state index contributed by atoms with van der Waals surface area (Å²) in [6.45, 7) is 5.48. The predicted molar refractivity (Wildman–Crippen MR) is 130 cm³/mol. The highest BCUT2D eigenvalue weighted by molar-refractivity contribution is 7.99. The minimum atomic E-state index is -1.23. The quantitative estimate of drug-likeness (QED) is 0.687. The maximum atomic E-state index is 13.9. The predicted octanol–water partition coefficient (Wildman–Crippen LogP) is 2.85. The fourth-order valence-electron chi connectivity index (χ4n) is 4.86. The standard InChI is InChI=1S/C24H30N4O5S/c1-14(26(4)23(32)33)20(29)25-16-10-12-34-18-13-24(2,3)19(28(18)21(16)30)22(31)27-11-9-15-7-5-6-8-17(15)27/h5-9,11,14,16,18-19H,10,12-13H2,1-4H3,(H,25,29)(H,32,33)/t14?,16-,18-,19-/m0/s1. The van der Waals surface area contributed by atoms with Crippen LogP contribution in [0.15, 0.2) is 36.5 Å². The van der Waals surface area contributed by atoms with Gasteiger partial charge in [0.15, 0.2) is 0 Å². The van der Waals surface area contributed by atoms with Crippen LogP contribution >= 0.6 is 11.8 Å². The second-order valence-corrected chi connectivity index (χ2v) is 11.0. The van der Waals surface area contributed by atoms with E-state index in [0.717, 1.165) is 15.8 Å². The molecule has 2 aliphatic rings. The first-order valence-electron chi connectivity index (χ1n) is 11.3. The lowest BCUT2D eigenvalue weighted by Gasteiger charge is -2.34. The van der Waals surface area contributed by atoms with Crippen molar-refractivity contribution in [3.63, 3.8) is 0 Å². The molecular formula is C24H30N4O5S. The molecule has 2 fully saturated rings. The molecule has 0 bridgehead atoms. The van der Waals surface area contributed by atoms with E-state index in [4.69, 9.17) is 0 Å². The molecule has 10 heteroatoms. The molecule has 182 valence electrons. The summed E-state index contributed by atoms with van der Waals surface area (Å²) in [7, 11) is 1.31. The number of carboxylic acid groups (broad SMARTS) is 1. The molecule has 1 aromatic heterocycles. The first-order valence-corrected chi connectivity index (χ1v) is 12.4.